The highest BCUT2D eigenvalue weighted by Crippen LogP contribution is 2.33. The Balaban J connectivity index is 1.20. The lowest BCUT2D eigenvalue weighted by atomic mass is 9.85. The van der Waals surface area contributed by atoms with Gasteiger partial charge in [0.25, 0.3) is 5.09 Å². The van der Waals surface area contributed by atoms with E-state index in [9.17, 15) is 14.9 Å². The minimum absolute atomic E-state index is 0.00737. The fourth-order valence-electron chi connectivity index (χ4n) is 6.71. The van der Waals surface area contributed by atoms with Crippen LogP contribution in [0.25, 0.3) is 10.8 Å². The molecule has 0 bridgehead atoms. The van der Waals surface area contributed by atoms with Gasteiger partial charge in [0.15, 0.2) is 6.10 Å². The molecule has 1 heterocycles. The second kappa shape index (κ2) is 24.6. The number of rotatable bonds is 26. The largest absolute Gasteiger partial charge is 0.508 e. The van der Waals surface area contributed by atoms with Gasteiger partial charge in [-0.1, -0.05) is 54.6 Å². The highest BCUT2D eigenvalue weighted by Gasteiger charge is 2.37. The van der Waals surface area contributed by atoms with Gasteiger partial charge < -0.3 is 57.5 Å². The number of carbonyl (C=O) groups excluding carboxylic acids is 1. The highest BCUT2D eigenvalue weighted by molar-refractivity contribution is 5.89. The van der Waals surface area contributed by atoms with Gasteiger partial charge in [0.05, 0.1) is 79.3 Å². The van der Waals surface area contributed by atoms with E-state index in [1.165, 1.54) is 7.11 Å². The first-order chi connectivity index (χ1) is 28.9. The summed E-state index contributed by atoms with van der Waals surface area (Å²) < 4.78 is 57.3. The topological polar surface area (TPSA) is 174 Å². The van der Waals surface area contributed by atoms with Gasteiger partial charge in [0.2, 0.25) is 0 Å². The fourth-order valence-corrected chi connectivity index (χ4v) is 6.71. The standard InChI is InChI=1S/C43H54N2O14/c1-49-29-36(59-43(46)55-21-19-52-20-22-58-45(47)48)30-57-41-26-44-25-40(56-27-31-23-33-9-4-6-11-37(33)39(24-31)51-3)42(41)32-13-15-35(16-14-32)54-18-8-17-53-28-34-10-5-7-12-38(34)50-2/h4-7,9-16,23-24,36,40-42,44H,8,17-22,25-30H2,1-3H3. The van der Waals surface area contributed by atoms with Crippen molar-refractivity contribution in [3.8, 4) is 17.2 Å². The first-order valence-electron chi connectivity index (χ1n) is 19.5. The van der Waals surface area contributed by atoms with E-state index in [4.69, 9.17) is 47.4 Å². The van der Waals surface area contributed by atoms with E-state index < -0.39 is 17.3 Å². The van der Waals surface area contributed by atoms with E-state index in [1.807, 2.05) is 72.8 Å². The van der Waals surface area contributed by atoms with Crippen LogP contribution in [0.3, 0.4) is 0 Å². The molecule has 16 heteroatoms. The zero-order valence-corrected chi connectivity index (χ0v) is 33.7. The Morgan fingerprint density at radius 2 is 1.53 bits per heavy atom. The molecular weight excluding hydrogens is 768 g/mol. The summed E-state index contributed by atoms with van der Waals surface area (Å²) in [4.78, 5) is 26.9. The number of piperidine rings is 1. The molecule has 4 atom stereocenters. The molecule has 1 saturated heterocycles. The van der Waals surface area contributed by atoms with Gasteiger partial charge in [-0.3, -0.25) is 0 Å². The van der Waals surface area contributed by atoms with Gasteiger partial charge in [-0.15, -0.1) is 10.1 Å². The molecule has 4 aromatic carbocycles. The first-order valence-corrected chi connectivity index (χ1v) is 19.5. The van der Waals surface area contributed by atoms with Crippen LogP contribution in [0.15, 0.2) is 84.9 Å². The lowest BCUT2D eigenvalue weighted by Gasteiger charge is -2.39. The number of para-hydroxylation sites is 1. The van der Waals surface area contributed by atoms with Gasteiger partial charge in [-0.25, -0.2) is 4.79 Å². The molecule has 4 unspecified atom stereocenters. The summed E-state index contributed by atoms with van der Waals surface area (Å²) in [5.74, 6) is 2.10. The van der Waals surface area contributed by atoms with Gasteiger partial charge >= 0.3 is 6.16 Å². The number of methoxy groups -OCH3 is 3. The lowest BCUT2D eigenvalue weighted by Crippen LogP contribution is -2.51. The van der Waals surface area contributed by atoms with Crippen molar-refractivity contribution in [1.82, 2.24) is 5.32 Å². The Hall–Kier alpha value is -5.23. The number of hydrogen-bond donors (Lipinski definition) is 1. The predicted molar refractivity (Wildman–Crippen MR) is 215 cm³/mol. The molecule has 1 fully saturated rings. The molecule has 16 nitrogen and oxygen atoms in total. The van der Waals surface area contributed by atoms with Crippen LogP contribution in [0.1, 0.15) is 29.0 Å². The second-order valence-electron chi connectivity index (χ2n) is 13.5. The zero-order valence-electron chi connectivity index (χ0n) is 33.7. The predicted octanol–water partition coefficient (Wildman–Crippen LogP) is 5.89. The van der Waals surface area contributed by atoms with Gasteiger partial charge in [-0.05, 0) is 46.8 Å². The third-order valence-electron chi connectivity index (χ3n) is 9.46. The molecular formula is C43H54N2O14. The Bertz CT molecular complexity index is 1860. The van der Waals surface area contributed by atoms with Crippen molar-refractivity contribution in [2.24, 2.45) is 0 Å². The van der Waals surface area contributed by atoms with Crippen LogP contribution in [0.5, 0.6) is 17.2 Å². The third-order valence-corrected chi connectivity index (χ3v) is 9.46. The van der Waals surface area contributed by atoms with Crippen LogP contribution in [-0.2, 0) is 51.2 Å². The SMILES string of the molecule is COCC(COC1CNCC(OCc2cc(OC)c3ccccc3c2)C1c1ccc(OCCCOCc2ccccc2OC)cc1)OC(=O)OCCOCCO[N+](=O)[O-]. The van der Waals surface area contributed by atoms with Crippen LogP contribution < -0.4 is 19.5 Å². The molecule has 0 saturated carbocycles. The summed E-state index contributed by atoms with van der Waals surface area (Å²) in [5, 5.41) is 14.9. The van der Waals surface area contributed by atoms with Crippen molar-refractivity contribution in [2.75, 3.05) is 87.3 Å². The normalized spacial score (nSPS) is 16.9. The fraction of sp³-hybridized carbons (Fsp3) is 0.465. The van der Waals surface area contributed by atoms with Crippen LogP contribution in [0.4, 0.5) is 4.79 Å². The first kappa shape index (κ1) is 44.9. The number of nitrogens with zero attached hydrogens (tertiary/aromatic N) is 1. The maximum Gasteiger partial charge on any atom is 0.508 e. The van der Waals surface area contributed by atoms with Crippen molar-refractivity contribution in [1.29, 1.82) is 0 Å². The van der Waals surface area contributed by atoms with E-state index in [-0.39, 0.29) is 57.8 Å². The average Bonchev–Trinajstić information content (AvgIpc) is 3.25. The van der Waals surface area contributed by atoms with Crippen molar-refractivity contribution in [3.63, 3.8) is 0 Å². The van der Waals surface area contributed by atoms with Gasteiger partial charge in [0, 0.05) is 43.5 Å². The summed E-state index contributed by atoms with van der Waals surface area (Å²) in [6.07, 6.45) is -1.65. The van der Waals surface area contributed by atoms with E-state index in [0.717, 1.165) is 44.7 Å². The number of benzene rings is 4. The minimum Gasteiger partial charge on any atom is -0.496 e. The maximum absolute atomic E-state index is 12.5. The summed E-state index contributed by atoms with van der Waals surface area (Å²) in [6.45, 7) is 2.63. The van der Waals surface area contributed by atoms with Crippen LogP contribution in [0, 0.1) is 10.1 Å². The lowest BCUT2D eigenvalue weighted by molar-refractivity contribution is -0.758. The molecule has 4 aromatic rings. The van der Waals surface area contributed by atoms with Gasteiger partial charge in [0.1, 0.15) is 30.5 Å². The molecule has 1 aliphatic rings. The van der Waals surface area contributed by atoms with Crippen molar-refractivity contribution in [2.45, 2.75) is 43.9 Å². The number of hydrogen-bond acceptors (Lipinski definition) is 15. The summed E-state index contributed by atoms with van der Waals surface area (Å²) in [5.41, 5.74) is 2.97. The molecule has 1 aliphatic heterocycles. The quantitative estimate of drug-likeness (QED) is 0.0343. The Kier molecular flexibility index (Phi) is 18.7. The molecule has 1 N–H and O–H groups in total. The van der Waals surface area contributed by atoms with Crippen molar-refractivity contribution < 1.29 is 62.1 Å². The third kappa shape index (κ3) is 14.5. The molecule has 0 spiro atoms. The van der Waals surface area contributed by atoms with E-state index >= 15 is 0 Å². The Morgan fingerprint density at radius 1 is 0.780 bits per heavy atom. The van der Waals surface area contributed by atoms with Crippen LogP contribution in [0.2, 0.25) is 0 Å². The smallest absolute Gasteiger partial charge is 0.496 e. The molecule has 0 radical (unpaired) electrons. The summed E-state index contributed by atoms with van der Waals surface area (Å²) in [6, 6.07) is 27.9. The molecule has 5 rings (SSSR count). The molecule has 59 heavy (non-hydrogen) atoms. The number of nitrogens with one attached hydrogen (secondary N) is 1. The Labute approximate surface area is 343 Å². The molecule has 320 valence electrons. The second-order valence-corrected chi connectivity index (χ2v) is 13.5. The Morgan fingerprint density at radius 3 is 2.31 bits per heavy atom. The van der Waals surface area contributed by atoms with Crippen molar-refractivity contribution in [3.05, 3.63) is 112 Å². The molecule has 0 aliphatic carbocycles. The maximum atomic E-state index is 12.5. The van der Waals surface area contributed by atoms with Crippen LogP contribution in [-0.4, -0.2) is 117 Å². The zero-order chi connectivity index (χ0) is 41.7. The minimum atomic E-state index is -0.926. The number of carbonyl (C=O) groups is 1. The molecule has 0 aromatic heterocycles. The summed E-state index contributed by atoms with van der Waals surface area (Å²) >= 11 is 0. The van der Waals surface area contributed by atoms with Crippen molar-refractivity contribution >= 4 is 16.9 Å². The van der Waals surface area contributed by atoms with Gasteiger partial charge in [-0.2, -0.15) is 0 Å². The van der Waals surface area contributed by atoms with Crippen LogP contribution >= 0.6 is 0 Å². The van der Waals surface area contributed by atoms with E-state index in [2.05, 4.69) is 22.3 Å². The molecule has 0 amide bonds. The monoisotopic (exact) mass is 822 g/mol. The average molecular weight is 823 g/mol. The summed E-state index contributed by atoms with van der Waals surface area (Å²) in [7, 11) is 4.81. The number of ether oxygens (including phenoxy) is 10. The van der Waals surface area contributed by atoms with E-state index in [0.29, 0.717) is 45.9 Å². The number of fused-ring (bicyclic) bond motifs is 1. The van der Waals surface area contributed by atoms with E-state index in [1.54, 1.807) is 14.2 Å². The highest BCUT2D eigenvalue weighted by atomic mass is 17.0.